The minimum Gasteiger partial charge on any atom is -0.496 e. The van der Waals surface area contributed by atoms with Crippen LogP contribution in [0.5, 0.6) is 11.5 Å². The van der Waals surface area contributed by atoms with Crippen LogP contribution in [0.1, 0.15) is 18.1 Å². The van der Waals surface area contributed by atoms with Crippen LogP contribution in [-0.4, -0.2) is 32.5 Å². The van der Waals surface area contributed by atoms with Crippen molar-refractivity contribution in [3.05, 3.63) is 46.8 Å². The Bertz CT molecular complexity index is 1280. The van der Waals surface area contributed by atoms with Gasteiger partial charge in [-0.2, -0.15) is 0 Å². The van der Waals surface area contributed by atoms with E-state index >= 15 is 0 Å². The molecule has 3 aromatic rings. The van der Waals surface area contributed by atoms with Crippen LogP contribution in [0.3, 0.4) is 0 Å². The molecule has 1 unspecified atom stereocenters. The molecule has 0 saturated heterocycles. The number of hydrogen-bond acceptors (Lipinski definition) is 7. The summed E-state index contributed by atoms with van der Waals surface area (Å²) >= 11 is 1.18. The summed E-state index contributed by atoms with van der Waals surface area (Å²) in [6.45, 7) is 5.18. The van der Waals surface area contributed by atoms with E-state index in [0.717, 1.165) is 11.1 Å². The van der Waals surface area contributed by atoms with E-state index in [1.807, 2.05) is 6.07 Å². The number of fused-ring (bicyclic) bond motifs is 1. The van der Waals surface area contributed by atoms with Gasteiger partial charge < -0.3 is 14.8 Å². The van der Waals surface area contributed by atoms with E-state index in [1.54, 1.807) is 57.5 Å². The molecule has 1 aliphatic heterocycles. The van der Waals surface area contributed by atoms with Crippen molar-refractivity contribution in [3.63, 3.8) is 0 Å². The lowest BCUT2D eigenvalue weighted by molar-refractivity contribution is -0.122. The van der Waals surface area contributed by atoms with Crippen LogP contribution in [0.2, 0.25) is 0 Å². The van der Waals surface area contributed by atoms with Gasteiger partial charge in [0.2, 0.25) is 0 Å². The smallest absolute Gasteiger partial charge is 0.265 e. The molecule has 0 spiro atoms. The molecule has 2 aromatic carbocycles. The molecule has 1 aliphatic rings. The second-order valence-corrected chi connectivity index (χ2v) is 9.70. The number of methoxy groups -OCH3 is 1. The number of carbonyl (C=O) groups excluding carboxylic acids is 1. The molecular formula is C21H21N3O5S2. The van der Waals surface area contributed by atoms with Gasteiger partial charge in [0.25, 0.3) is 15.9 Å². The zero-order chi connectivity index (χ0) is 22.3. The van der Waals surface area contributed by atoms with Gasteiger partial charge in [-0.05, 0) is 62.2 Å². The molecule has 162 valence electrons. The van der Waals surface area contributed by atoms with Gasteiger partial charge in [-0.25, -0.2) is 13.4 Å². The van der Waals surface area contributed by atoms with Crippen LogP contribution < -0.4 is 19.5 Å². The van der Waals surface area contributed by atoms with Gasteiger partial charge in [0.05, 0.1) is 23.4 Å². The van der Waals surface area contributed by atoms with Crippen molar-refractivity contribution < 1.29 is 22.7 Å². The minimum atomic E-state index is -3.82. The summed E-state index contributed by atoms with van der Waals surface area (Å²) in [4.78, 5) is 16.4. The Morgan fingerprint density at radius 1 is 1.19 bits per heavy atom. The van der Waals surface area contributed by atoms with E-state index < -0.39 is 16.1 Å². The van der Waals surface area contributed by atoms with Crippen LogP contribution in [0.15, 0.2) is 40.6 Å². The fourth-order valence-electron chi connectivity index (χ4n) is 3.26. The number of thiazole rings is 1. The molecule has 31 heavy (non-hydrogen) atoms. The summed E-state index contributed by atoms with van der Waals surface area (Å²) in [5.74, 6) is 0.991. The highest BCUT2D eigenvalue weighted by Gasteiger charge is 2.24. The zero-order valence-electron chi connectivity index (χ0n) is 17.3. The fourth-order valence-corrected chi connectivity index (χ4v) is 5.55. The summed E-state index contributed by atoms with van der Waals surface area (Å²) in [6.07, 6.45) is -0.552. The van der Waals surface area contributed by atoms with Gasteiger partial charge >= 0.3 is 0 Å². The standard InChI is InChI=1S/C21H21N3O5S2/c1-11-8-19(12(2)7-18(11)28-4)31(26,27)24-21-23-16(10-30-21)14-5-6-17-15(9-14)22-20(25)13(3)29-17/h5-10,13H,1-4H3,(H,22,25)(H,23,24). The minimum absolute atomic E-state index is 0.172. The number of amides is 1. The van der Waals surface area contributed by atoms with Gasteiger partial charge in [0.15, 0.2) is 11.2 Å². The van der Waals surface area contributed by atoms with Crippen LogP contribution in [-0.2, 0) is 14.8 Å². The molecule has 1 atom stereocenters. The second-order valence-electron chi connectivity index (χ2n) is 7.19. The molecule has 8 nitrogen and oxygen atoms in total. The van der Waals surface area contributed by atoms with Crippen molar-refractivity contribution in [2.75, 3.05) is 17.1 Å². The van der Waals surface area contributed by atoms with Crippen LogP contribution in [0.25, 0.3) is 11.3 Å². The fraction of sp³-hybridized carbons (Fsp3) is 0.238. The average molecular weight is 460 g/mol. The summed E-state index contributed by atoms with van der Waals surface area (Å²) in [5.41, 5.74) is 3.17. The number of aromatic nitrogens is 1. The lowest BCUT2D eigenvalue weighted by Gasteiger charge is -2.23. The van der Waals surface area contributed by atoms with E-state index in [9.17, 15) is 13.2 Å². The number of rotatable bonds is 5. The molecule has 1 amide bonds. The monoisotopic (exact) mass is 459 g/mol. The average Bonchev–Trinajstić information content (AvgIpc) is 3.17. The first-order chi connectivity index (χ1) is 14.7. The van der Waals surface area contributed by atoms with Crippen molar-refractivity contribution in [2.45, 2.75) is 31.8 Å². The van der Waals surface area contributed by atoms with E-state index in [-0.39, 0.29) is 15.9 Å². The molecule has 0 fully saturated rings. The molecular weight excluding hydrogens is 438 g/mol. The van der Waals surface area contributed by atoms with E-state index in [1.165, 1.54) is 11.3 Å². The van der Waals surface area contributed by atoms with Crippen molar-refractivity contribution >= 4 is 38.1 Å². The Hall–Kier alpha value is -3.11. The highest BCUT2D eigenvalue weighted by molar-refractivity contribution is 7.93. The normalized spacial score (nSPS) is 15.6. The Balaban J connectivity index is 1.59. The highest BCUT2D eigenvalue weighted by Crippen LogP contribution is 2.35. The number of nitrogens with one attached hydrogen (secondary N) is 2. The Labute approximate surface area is 184 Å². The molecule has 0 saturated carbocycles. The summed E-state index contributed by atoms with van der Waals surface area (Å²) in [6, 6.07) is 8.60. The molecule has 0 bridgehead atoms. The SMILES string of the molecule is COc1cc(C)c(S(=O)(=O)Nc2nc(-c3ccc4c(c3)NC(=O)C(C)O4)cs2)cc1C. The molecule has 10 heteroatoms. The molecule has 2 heterocycles. The van der Waals surface area contributed by atoms with Crippen LogP contribution in [0.4, 0.5) is 10.8 Å². The van der Waals surface area contributed by atoms with E-state index in [2.05, 4.69) is 15.0 Å². The first-order valence-electron chi connectivity index (χ1n) is 9.43. The number of hydrogen-bond donors (Lipinski definition) is 2. The third-order valence-electron chi connectivity index (χ3n) is 4.91. The van der Waals surface area contributed by atoms with Crippen molar-refractivity contribution in [2.24, 2.45) is 0 Å². The van der Waals surface area contributed by atoms with Gasteiger partial charge in [-0.1, -0.05) is 0 Å². The second kappa shape index (κ2) is 7.86. The number of carbonyl (C=O) groups is 1. The highest BCUT2D eigenvalue weighted by atomic mass is 32.2. The summed E-state index contributed by atoms with van der Waals surface area (Å²) in [7, 11) is -2.28. The lowest BCUT2D eigenvalue weighted by Crippen LogP contribution is -2.34. The molecule has 0 radical (unpaired) electrons. The predicted octanol–water partition coefficient (Wildman–Crippen LogP) is 3.96. The predicted molar refractivity (Wildman–Crippen MR) is 120 cm³/mol. The number of ether oxygens (including phenoxy) is 2. The largest absolute Gasteiger partial charge is 0.496 e. The molecule has 4 rings (SSSR count). The first-order valence-corrected chi connectivity index (χ1v) is 11.8. The van der Waals surface area contributed by atoms with Crippen LogP contribution in [0, 0.1) is 13.8 Å². The first kappa shape index (κ1) is 21.1. The maximum atomic E-state index is 12.9. The molecule has 2 N–H and O–H groups in total. The van der Waals surface area contributed by atoms with E-state index in [4.69, 9.17) is 9.47 Å². The Morgan fingerprint density at radius 2 is 1.97 bits per heavy atom. The third kappa shape index (κ3) is 4.08. The maximum Gasteiger partial charge on any atom is 0.265 e. The number of benzene rings is 2. The third-order valence-corrected chi connectivity index (χ3v) is 7.28. The Morgan fingerprint density at radius 3 is 2.71 bits per heavy atom. The van der Waals surface area contributed by atoms with Gasteiger partial charge in [0.1, 0.15) is 11.5 Å². The summed E-state index contributed by atoms with van der Waals surface area (Å²) in [5, 5.41) is 4.79. The maximum absolute atomic E-state index is 12.9. The molecule has 0 aliphatic carbocycles. The van der Waals surface area contributed by atoms with Crippen molar-refractivity contribution in [1.82, 2.24) is 4.98 Å². The number of aryl methyl sites for hydroxylation is 2. The molecule has 1 aromatic heterocycles. The lowest BCUT2D eigenvalue weighted by atomic mass is 10.1. The quantitative estimate of drug-likeness (QED) is 0.598. The zero-order valence-corrected chi connectivity index (χ0v) is 19.0. The van der Waals surface area contributed by atoms with Crippen molar-refractivity contribution in [1.29, 1.82) is 0 Å². The van der Waals surface area contributed by atoms with Crippen LogP contribution >= 0.6 is 11.3 Å². The summed E-state index contributed by atoms with van der Waals surface area (Å²) < 4.78 is 39.2. The number of sulfonamides is 1. The van der Waals surface area contributed by atoms with Gasteiger partial charge in [0, 0.05) is 10.9 Å². The number of nitrogens with zero attached hydrogens (tertiary/aromatic N) is 1. The van der Waals surface area contributed by atoms with Gasteiger partial charge in [-0.15, -0.1) is 11.3 Å². The van der Waals surface area contributed by atoms with Gasteiger partial charge in [-0.3, -0.25) is 9.52 Å². The Kier molecular flexibility index (Phi) is 5.36. The van der Waals surface area contributed by atoms with E-state index in [0.29, 0.717) is 28.4 Å². The van der Waals surface area contributed by atoms with Crippen molar-refractivity contribution in [3.8, 4) is 22.8 Å². The number of anilines is 2. The topological polar surface area (TPSA) is 107 Å².